The third-order valence-electron chi connectivity index (χ3n) is 6.23. The summed E-state index contributed by atoms with van der Waals surface area (Å²) in [5.41, 5.74) is 5.46. The second-order valence-corrected chi connectivity index (χ2v) is 8.32. The molecule has 2 aliphatic rings. The van der Waals surface area contributed by atoms with Crippen molar-refractivity contribution in [2.24, 2.45) is 5.73 Å². The first kappa shape index (κ1) is 23.0. The van der Waals surface area contributed by atoms with Crippen molar-refractivity contribution in [2.75, 3.05) is 32.7 Å². The lowest BCUT2D eigenvalue weighted by Gasteiger charge is -2.38. The summed E-state index contributed by atoms with van der Waals surface area (Å²) in [6.07, 6.45) is 0.938. The smallest absolute Gasteiger partial charge is 0.325 e. The van der Waals surface area contributed by atoms with Crippen LogP contribution in [0.25, 0.3) is 0 Å². The summed E-state index contributed by atoms with van der Waals surface area (Å²) in [6.45, 7) is 5.00. The lowest BCUT2D eigenvalue weighted by molar-refractivity contribution is -0.140. The van der Waals surface area contributed by atoms with E-state index in [9.17, 15) is 19.2 Å². The third kappa shape index (κ3) is 4.52. The molecule has 3 N–H and O–H groups in total. The standard InChI is InChI=1S/C21H28ClN5O4/c1-3-21(4-2)19(30)27(20(31)24-21)13-16(28)25-9-11-26(12-10-25)17(18(23)29)14-5-7-15(22)8-6-14/h5-8,17H,3-4,9-13H2,1-2H3,(H2,23,29)(H,24,31)/t17-/m1/s1. The maximum Gasteiger partial charge on any atom is 0.325 e. The van der Waals surface area contributed by atoms with Gasteiger partial charge in [0.1, 0.15) is 18.1 Å². The van der Waals surface area contributed by atoms with Gasteiger partial charge in [0.25, 0.3) is 5.91 Å². The molecule has 0 radical (unpaired) electrons. The monoisotopic (exact) mass is 449 g/mol. The van der Waals surface area contributed by atoms with Crippen LogP contribution in [-0.4, -0.2) is 76.7 Å². The number of hydrogen-bond acceptors (Lipinski definition) is 5. The molecule has 2 saturated heterocycles. The lowest BCUT2D eigenvalue weighted by Crippen LogP contribution is -2.54. The van der Waals surface area contributed by atoms with Crippen LogP contribution in [-0.2, 0) is 14.4 Å². The molecular formula is C21H28ClN5O4. The Labute approximate surface area is 186 Å². The van der Waals surface area contributed by atoms with Crippen molar-refractivity contribution in [1.82, 2.24) is 20.0 Å². The normalized spacial score (nSPS) is 20.0. The minimum absolute atomic E-state index is 0.289. The van der Waals surface area contributed by atoms with Gasteiger partial charge in [0.2, 0.25) is 11.8 Å². The van der Waals surface area contributed by atoms with Crippen LogP contribution in [0.15, 0.2) is 24.3 Å². The van der Waals surface area contributed by atoms with Crippen molar-refractivity contribution < 1.29 is 19.2 Å². The van der Waals surface area contributed by atoms with Crippen molar-refractivity contribution in [3.63, 3.8) is 0 Å². The summed E-state index contributed by atoms with van der Waals surface area (Å²) >= 11 is 5.93. The van der Waals surface area contributed by atoms with Crippen LogP contribution in [0.1, 0.15) is 38.3 Å². The van der Waals surface area contributed by atoms with E-state index in [1.165, 1.54) is 0 Å². The molecule has 0 spiro atoms. The Balaban J connectivity index is 1.62. The van der Waals surface area contributed by atoms with Crippen LogP contribution < -0.4 is 11.1 Å². The first-order valence-electron chi connectivity index (χ1n) is 10.4. The van der Waals surface area contributed by atoms with Crippen LogP contribution in [0.4, 0.5) is 4.79 Å². The maximum absolute atomic E-state index is 12.8. The van der Waals surface area contributed by atoms with Crippen molar-refractivity contribution in [3.05, 3.63) is 34.9 Å². The van der Waals surface area contributed by atoms with Crippen molar-refractivity contribution in [1.29, 1.82) is 0 Å². The summed E-state index contributed by atoms with van der Waals surface area (Å²) in [7, 11) is 0. The molecule has 1 aromatic carbocycles. The molecule has 9 nitrogen and oxygen atoms in total. The molecule has 31 heavy (non-hydrogen) atoms. The van der Waals surface area contributed by atoms with E-state index in [0.29, 0.717) is 44.0 Å². The molecule has 5 amide bonds. The van der Waals surface area contributed by atoms with Gasteiger partial charge in [-0.2, -0.15) is 0 Å². The Kier molecular flexibility index (Phi) is 6.86. The van der Waals surface area contributed by atoms with Crippen LogP contribution >= 0.6 is 11.6 Å². The zero-order chi connectivity index (χ0) is 22.8. The van der Waals surface area contributed by atoms with Crippen molar-refractivity contribution in [2.45, 2.75) is 38.3 Å². The zero-order valence-electron chi connectivity index (χ0n) is 17.8. The predicted molar refractivity (Wildman–Crippen MR) is 115 cm³/mol. The fourth-order valence-electron chi connectivity index (χ4n) is 4.21. The molecule has 1 atom stereocenters. The van der Waals surface area contributed by atoms with Crippen molar-refractivity contribution in [3.8, 4) is 0 Å². The average molecular weight is 450 g/mol. The molecule has 0 unspecified atom stereocenters. The van der Waals surface area contributed by atoms with E-state index in [0.717, 1.165) is 10.5 Å². The van der Waals surface area contributed by atoms with Gasteiger partial charge in [-0.15, -0.1) is 0 Å². The number of benzene rings is 1. The molecule has 2 fully saturated rings. The minimum Gasteiger partial charge on any atom is -0.368 e. The maximum atomic E-state index is 12.8. The number of nitrogens with one attached hydrogen (secondary N) is 1. The highest BCUT2D eigenvalue weighted by Gasteiger charge is 2.49. The highest BCUT2D eigenvalue weighted by molar-refractivity contribution is 6.30. The number of imide groups is 1. The Morgan fingerprint density at radius 2 is 1.68 bits per heavy atom. The molecule has 0 aliphatic carbocycles. The van der Waals surface area contributed by atoms with E-state index < -0.39 is 23.5 Å². The average Bonchev–Trinajstić information content (AvgIpc) is 3.00. The molecular weight excluding hydrogens is 422 g/mol. The lowest BCUT2D eigenvalue weighted by atomic mass is 9.93. The van der Waals surface area contributed by atoms with E-state index in [-0.39, 0.29) is 18.4 Å². The molecule has 1 aromatic rings. The molecule has 0 saturated carbocycles. The number of halogens is 1. The summed E-state index contributed by atoms with van der Waals surface area (Å²) in [5, 5.41) is 3.30. The van der Waals surface area contributed by atoms with Crippen LogP contribution in [0.3, 0.4) is 0 Å². The Morgan fingerprint density at radius 3 is 2.16 bits per heavy atom. The molecule has 0 aromatic heterocycles. The molecule has 10 heteroatoms. The summed E-state index contributed by atoms with van der Waals surface area (Å²) in [5.74, 6) is -1.13. The molecule has 3 rings (SSSR count). The summed E-state index contributed by atoms with van der Waals surface area (Å²) in [6, 6.07) is 5.79. The SMILES string of the molecule is CCC1(CC)NC(=O)N(CC(=O)N2CCN([C@@H](C(N)=O)c3ccc(Cl)cc3)CC2)C1=O. The first-order chi connectivity index (χ1) is 14.7. The quantitative estimate of drug-likeness (QED) is 0.605. The van der Waals surface area contributed by atoms with Gasteiger partial charge < -0.3 is 16.0 Å². The molecule has 2 aliphatic heterocycles. The number of carbonyl (C=O) groups excluding carboxylic acids is 4. The summed E-state index contributed by atoms with van der Waals surface area (Å²) < 4.78 is 0. The number of nitrogens with two attached hydrogens (primary N) is 1. The topological polar surface area (TPSA) is 116 Å². The van der Waals surface area contributed by atoms with E-state index in [2.05, 4.69) is 5.32 Å². The number of rotatable bonds is 7. The van der Waals surface area contributed by atoms with Crippen LogP contribution in [0, 0.1) is 0 Å². The Bertz CT molecular complexity index is 863. The first-order valence-corrected chi connectivity index (χ1v) is 10.8. The zero-order valence-corrected chi connectivity index (χ0v) is 18.5. The fourth-order valence-corrected chi connectivity index (χ4v) is 4.34. The van der Waals surface area contributed by atoms with E-state index in [4.69, 9.17) is 17.3 Å². The fraction of sp³-hybridized carbons (Fsp3) is 0.524. The van der Waals surface area contributed by atoms with Gasteiger partial charge in [-0.05, 0) is 30.5 Å². The number of piperazine rings is 1. The second kappa shape index (κ2) is 9.23. The number of primary amides is 1. The second-order valence-electron chi connectivity index (χ2n) is 7.88. The van der Waals surface area contributed by atoms with Gasteiger partial charge in [0, 0.05) is 31.2 Å². The minimum atomic E-state index is -0.927. The number of carbonyl (C=O) groups is 4. The molecule has 168 valence electrons. The van der Waals surface area contributed by atoms with E-state index in [1.54, 1.807) is 29.2 Å². The van der Waals surface area contributed by atoms with E-state index in [1.807, 2.05) is 18.7 Å². The van der Waals surface area contributed by atoms with Gasteiger partial charge in [-0.1, -0.05) is 37.6 Å². The van der Waals surface area contributed by atoms with Gasteiger partial charge in [-0.3, -0.25) is 24.2 Å². The molecule has 0 bridgehead atoms. The highest BCUT2D eigenvalue weighted by atomic mass is 35.5. The van der Waals surface area contributed by atoms with E-state index >= 15 is 0 Å². The number of urea groups is 1. The predicted octanol–water partition coefficient (Wildman–Crippen LogP) is 1.12. The molecule has 2 heterocycles. The van der Waals surface area contributed by atoms with Gasteiger partial charge in [0.15, 0.2) is 0 Å². The largest absolute Gasteiger partial charge is 0.368 e. The number of nitrogens with zero attached hydrogens (tertiary/aromatic N) is 3. The van der Waals surface area contributed by atoms with Crippen LogP contribution in [0.5, 0.6) is 0 Å². The van der Waals surface area contributed by atoms with Gasteiger partial charge in [0.05, 0.1) is 0 Å². The van der Waals surface area contributed by atoms with Crippen molar-refractivity contribution >= 4 is 35.4 Å². The van der Waals surface area contributed by atoms with Gasteiger partial charge in [-0.25, -0.2) is 4.79 Å². The number of hydrogen-bond donors (Lipinski definition) is 2. The third-order valence-corrected chi connectivity index (χ3v) is 6.49. The Hall–Kier alpha value is -2.65. The Morgan fingerprint density at radius 1 is 1.10 bits per heavy atom. The number of amides is 5. The highest BCUT2D eigenvalue weighted by Crippen LogP contribution is 2.26. The van der Waals surface area contributed by atoms with Gasteiger partial charge >= 0.3 is 6.03 Å². The summed E-state index contributed by atoms with van der Waals surface area (Å²) in [4.78, 5) is 54.4. The van der Waals surface area contributed by atoms with Crippen LogP contribution in [0.2, 0.25) is 5.02 Å².